The minimum Gasteiger partial charge on any atom is -0.497 e. The van der Waals surface area contributed by atoms with Crippen LogP contribution in [0.5, 0.6) is 5.75 Å². The number of rotatable bonds is 17. The van der Waals surface area contributed by atoms with Crippen molar-refractivity contribution < 1.29 is 4.74 Å². The van der Waals surface area contributed by atoms with Gasteiger partial charge >= 0.3 is 0 Å². The quantitative estimate of drug-likeness (QED) is 0.105. The van der Waals surface area contributed by atoms with Crippen molar-refractivity contribution in [3.05, 3.63) is 138 Å². The number of benzene rings is 4. The lowest BCUT2D eigenvalue weighted by atomic mass is 9.68. The van der Waals surface area contributed by atoms with E-state index in [4.69, 9.17) is 4.74 Å². The van der Waals surface area contributed by atoms with E-state index in [0.29, 0.717) is 16.2 Å². The van der Waals surface area contributed by atoms with Crippen LogP contribution in [0.2, 0.25) is 0 Å². The maximum absolute atomic E-state index is 5.22. The summed E-state index contributed by atoms with van der Waals surface area (Å²) in [6, 6.07) is 41.3. The molecule has 3 nitrogen and oxygen atoms in total. The Balaban J connectivity index is 0.000000780. The monoisotopic (exact) mass is 837 g/mol. The Morgan fingerprint density at radius 2 is 0.902 bits per heavy atom. The van der Waals surface area contributed by atoms with Crippen LogP contribution in [0, 0.1) is 0 Å². The van der Waals surface area contributed by atoms with Crippen LogP contribution in [0.15, 0.2) is 115 Å². The van der Waals surface area contributed by atoms with Gasteiger partial charge in [-0.1, -0.05) is 205 Å². The average molecular weight is 837 g/mol. The minimum atomic E-state index is 0. The summed E-state index contributed by atoms with van der Waals surface area (Å²) in [6.07, 6.45) is 17.0. The number of ether oxygens (including phenoxy) is 1. The molecule has 0 amide bonds. The van der Waals surface area contributed by atoms with E-state index in [0.717, 1.165) is 18.8 Å². The molecule has 1 aliphatic rings. The van der Waals surface area contributed by atoms with Crippen LogP contribution in [-0.4, -0.2) is 58.2 Å². The summed E-state index contributed by atoms with van der Waals surface area (Å²) in [7, 11) is 10.3. The predicted molar refractivity (Wildman–Crippen MR) is 275 cm³/mol. The molecule has 3 heteroatoms. The van der Waals surface area contributed by atoms with Crippen molar-refractivity contribution in [2.45, 2.75) is 175 Å². The molecule has 0 radical (unpaired) electrons. The van der Waals surface area contributed by atoms with Gasteiger partial charge in [0.15, 0.2) is 0 Å². The molecule has 0 N–H and O–H groups in total. The highest BCUT2D eigenvalue weighted by Gasteiger charge is 2.32. The summed E-state index contributed by atoms with van der Waals surface area (Å²) in [5.41, 5.74) is 7.38. The van der Waals surface area contributed by atoms with Crippen LogP contribution < -0.4 is 4.74 Å². The number of methoxy groups -OCH3 is 1. The van der Waals surface area contributed by atoms with E-state index in [-0.39, 0.29) is 20.3 Å². The van der Waals surface area contributed by atoms with Gasteiger partial charge in [0.1, 0.15) is 5.75 Å². The second-order valence-electron chi connectivity index (χ2n) is 18.5. The molecule has 61 heavy (non-hydrogen) atoms. The average Bonchev–Trinajstić information content (AvgIpc) is 3.27. The maximum Gasteiger partial charge on any atom is 0.118 e. The van der Waals surface area contributed by atoms with Crippen molar-refractivity contribution >= 4 is 0 Å². The summed E-state index contributed by atoms with van der Waals surface area (Å²) in [4.78, 5) is 4.52. The lowest BCUT2D eigenvalue weighted by molar-refractivity contribution is 0.265. The first-order chi connectivity index (χ1) is 28.3. The zero-order valence-electron chi connectivity index (χ0n) is 40.4. The van der Waals surface area contributed by atoms with Gasteiger partial charge in [-0.3, -0.25) is 0 Å². The summed E-state index contributed by atoms with van der Waals surface area (Å²) in [5, 5.41) is 0. The second-order valence-corrected chi connectivity index (χ2v) is 18.5. The SMILES string of the molecule is C.C.CCC(CC)(CN(C)C)c1ccccc1.CCC1(c2ccc(OC)cc2)CCCCC1.CCCC(CC)(CCC)c1ccccc1.CN(C)CC(C)(C)c1ccccc1. The van der Waals surface area contributed by atoms with Gasteiger partial charge in [-0.25, -0.2) is 0 Å². The summed E-state index contributed by atoms with van der Waals surface area (Å²) >= 11 is 0. The van der Waals surface area contributed by atoms with Crippen molar-refractivity contribution in [3.63, 3.8) is 0 Å². The van der Waals surface area contributed by atoms with Crippen molar-refractivity contribution in [2.24, 2.45) is 0 Å². The lowest BCUT2D eigenvalue weighted by Gasteiger charge is -2.37. The van der Waals surface area contributed by atoms with Gasteiger partial charge in [0.05, 0.1) is 7.11 Å². The summed E-state index contributed by atoms with van der Waals surface area (Å²) in [5.74, 6) is 0.964. The first kappa shape index (κ1) is 57.6. The molecule has 0 aliphatic heterocycles. The Hall–Kier alpha value is -3.40. The fraction of sp³-hybridized carbons (Fsp3) is 0.586. The third-order valence-electron chi connectivity index (χ3n) is 13.3. The number of nitrogens with zero attached hydrogens (tertiary/aromatic N) is 2. The number of hydrogen-bond acceptors (Lipinski definition) is 3. The van der Waals surface area contributed by atoms with Crippen LogP contribution in [0.4, 0.5) is 0 Å². The van der Waals surface area contributed by atoms with E-state index >= 15 is 0 Å². The van der Waals surface area contributed by atoms with Crippen molar-refractivity contribution in [3.8, 4) is 5.75 Å². The topological polar surface area (TPSA) is 15.7 Å². The van der Waals surface area contributed by atoms with Crippen LogP contribution in [-0.2, 0) is 21.7 Å². The minimum absolute atomic E-state index is 0. The Labute approximate surface area is 380 Å². The molecule has 1 fully saturated rings. The zero-order chi connectivity index (χ0) is 43.8. The molecule has 344 valence electrons. The molecule has 1 aliphatic carbocycles. The van der Waals surface area contributed by atoms with Crippen molar-refractivity contribution in [2.75, 3.05) is 48.4 Å². The maximum atomic E-state index is 5.22. The van der Waals surface area contributed by atoms with Crippen molar-refractivity contribution in [1.29, 1.82) is 0 Å². The fourth-order valence-electron chi connectivity index (χ4n) is 9.88. The van der Waals surface area contributed by atoms with Crippen molar-refractivity contribution in [1.82, 2.24) is 9.80 Å². The molecule has 0 atom stereocenters. The summed E-state index contributed by atoms with van der Waals surface area (Å²) < 4.78 is 5.22. The Bertz CT molecular complexity index is 1550. The Morgan fingerprint density at radius 1 is 0.508 bits per heavy atom. The van der Waals surface area contributed by atoms with Gasteiger partial charge < -0.3 is 14.5 Å². The molecule has 1 saturated carbocycles. The molecular formula is C58H96N2O. The molecule has 4 aromatic rings. The Morgan fingerprint density at radius 3 is 1.25 bits per heavy atom. The van der Waals surface area contributed by atoms with E-state index in [1.165, 1.54) is 106 Å². The van der Waals surface area contributed by atoms with Gasteiger partial charge in [-0.2, -0.15) is 0 Å². The normalized spacial score (nSPS) is 13.5. The highest BCUT2D eigenvalue weighted by Crippen LogP contribution is 2.42. The van der Waals surface area contributed by atoms with E-state index < -0.39 is 0 Å². The number of hydrogen-bond donors (Lipinski definition) is 0. The van der Waals surface area contributed by atoms with Crippen LogP contribution in [0.3, 0.4) is 0 Å². The third-order valence-corrected chi connectivity index (χ3v) is 13.3. The lowest BCUT2D eigenvalue weighted by Crippen LogP contribution is -2.36. The smallest absolute Gasteiger partial charge is 0.118 e. The van der Waals surface area contributed by atoms with E-state index in [1.54, 1.807) is 7.11 Å². The predicted octanol–water partition coefficient (Wildman–Crippen LogP) is 16.3. The van der Waals surface area contributed by atoms with Crippen LogP contribution in [0.1, 0.15) is 176 Å². The largest absolute Gasteiger partial charge is 0.497 e. The first-order valence-corrected chi connectivity index (χ1v) is 23.4. The van der Waals surface area contributed by atoms with E-state index in [9.17, 15) is 0 Å². The molecule has 0 saturated heterocycles. The summed E-state index contributed by atoms with van der Waals surface area (Å²) in [6.45, 7) is 20.6. The van der Waals surface area contributed by atoms with Gasteiger partial charge in [-0.15, -0.1) is 0 Å². The number of likely N-dealkylation sites (N-methyl/N-ethyl adjacent to an activating group) is 2. The molecule has 0 aromatic heterocycles. The van der Waals surface area contributed by atoms with E-state index in [1.807, 2.05) is 0 Å². The molecule has 0 spiro atoms. The fourth-order valence-corrected chi connectivity index (χ4v) is 9.88. The van der Waals surface area contributed by atoms with Crippen LogP contribution >= 0.6 is 0 Å². The molecule has 0 bridgehead atoms. The van der Waals surface area contributed by atoms with Gasteiger partial charge in [0.2, 0.25) is 0 Å². The van der Waals surface area contributed by atoms with Gasteiger partial charge in [0, 0.05) is 23.9 Å². The van der Waals surface area contributed by atoms with Gasteiger partial charge in [-0.05, 0) is 125 Å². The standard InChI is InChI=1S/C15H22O.C15H24.C14H23N.C12H19N.2CH4/c1-3-15(11-5-4-6-12-15)13-7-9-14(16-2)10-8-13;1-4-12-15(6-3,13-5-2)14-10-8-7-9-11-14;1-5-14(6-2,12-15(3)4)13-10-8-7-9-11-13;1-12(2,10-13(3)4)11-8-6-5-7-9-11;;/h7-10H,3-6,11-12H2,1-2H3;7-11H,4-6,12-13H2,1-3H3;7-11H,5-6,12H2,1-4H3;5-9H,10H2,1-4H3;2*1H4. The van der Waals surface area contributed by atoms with Gasteiger partial charge in [0.25, 0.3) is 0 Å². The molecular weight excluding hydrogens is 741 g/mol. The first-order valence-electron chi connectivity index (χ1n) is 23.4. The molecule has 5 rings (SSSR count). The molecule has 4 aromatic carbocycles. The highest BCUT2D eigenvalue weighted by atomic mass is 16.5. The zero-order valence-corrected chi connectivity index (χ0v) is 40.4. The van der Waals surface area contributed by atoms with E-state index in [2.05, 4.69) is 209 Å². The highest BCUT2D eigenvalue weighted by molar-refractivity contribution is 5.33. The molecule has 0 unspecified atom stereocenters. The molecule has 0 heterocycles. The Kier molecular flexibility index (Phi) is 28.2. The second kappa shape index (κ2) is 29.8. The third kappa shape index (κ3) is 18.1. The van der Waals surface area contributed by atoms with Crippen LogP contribution in [0.25, 0.3) is 0 Å².